The number of aryl methyl sites for hydroxylation is 1. The molecule has 1 aliphatic heterocycles. The van der Waals surface area contributed by atoms with Crippen LogP contribution < -0.4 is 9.70 Å². The van der Waals surface area contributed by atoms with Crippen molar-refractivity contribution in [2.75, 3.05) is 4.90 Å². The lowest BCUT2D eigenvalue weighted by molar-refractivity contribution is -0.121. The zero-order valence-corrected chi connectivity index (χ0v) is 17.8. The Hall–Kier alpha value is -3.03. The Labute approximate surface area is 181 Å². The maximum Gasteiger partial charge on any atom is 0.279 e. The molecule has 152 valence electrons. The summed E-state index contributed by atoms with van der Waals surface area (Å²) in [6.45, 7) is 6.22. The molecule has 0 atom stereocenters. The summed E-state index contributed by atoms with van der Waals surface area (Å²) in [7, 11) is 0. The van der Waals surface area contributed by atoms with Crippen LogP contribution in [0.2, 0.25) is 5.02 Å². The number of thiazole rings is 1. The van der Waals surface area contributed by atoms with Gasteiger partial charge in [0.1, 0.15) is 0 Å². The molecular formula is C22H18ClN3O3S. The Bertz CT molecular complexity index is 1260. The van der Waals surface area contributed by atoms with E-state index in [1.165, 1.54) is 11.3 Å². The summed E-state index contributed by atoms with van der Waals surface area (Å²) in [6.07, 6.45) is 2.18. The number of carbonyl (C=O) groups is 3. The van der Waals surface area contributed by atoms with Gasteiger partial charge in [0.2, 0.25) is 11.8 Å². The molecule has 0 spiro atoms. The third-order valence-electron chi connectivity index (χ3n) is 4.96. The van der Waals surface area contributed by atoms with E-state index in [0.29, 0.717) is 27.6 Å². The highest BCUT2D eigenvalue weighted by Gasteiger charge is 2.30. The standard InChI is InChI=1S/C22H18ClN3O3S/c1-3-12-25-20-13(2)16(23)8-9-17(20)30-22(25)24-21(29)14-4-6-15(7-5-14)26-18(27)10-11-19(26)28/h3-9H,1,10-12H2,2H3. The second-order valence-electron chi connectivity index (χ2n) is 6.89. The summed E-state index contributed by atoms with van der Waals surface area (Å²) in [5.41, 5.74) is 2.69. The number of nitrogens with zero attached hydrogens (tertiary/aromatic N) is 3. The van der Waals surface area contributed by atoms with Crippen molar-refractivity contribution in [3.8, 4) is 0 Å². The van der Waals surface area contributed by atoms with E-state index < -0.39 is 5.91 Å². The minimum absolute atomic E-state index is 0.216. The van der Waals surface area contributed by atoms with E-state index in [4.69, 9.17) is 11.6 Å². The monoisotopic (exact) mass is 439 g/mol. The van der Waals surface area contributed by atoms with Gasteiger partial charge in [-0.2, -0.15) is 4.99 Å². The van der Waals surface area contributed by atoms with Gasteiger partial charge in [0.25, 0.3) is 5.91 Å². The molecule has 1 aliphatic rings. The Morgan fingerprint density at radius 2 is 1.83 bits per heavy atom. The van der Waals surface area contributed by atoms with Gasteiger partial charge in [-0.25, -0.2) is 0 Å². The fourth-order valence-corrected chi connectivity index (χ4v) is 4.72. The molecule has 0 bridgehead atoms. The molecule has 1 aromatic heterocycles. The summed E-state index contributed by atoms with van der Waals surface area (Å²) in [6, 6.07) is 10.1. The van der Waals surface area contributed by atoms with E-state index in [9.17, 15) is 14.4 Å². The van der Waals surface area contributed by atoms with Crippen molar-refractivity contribution in [1.29, 1.82) is 0 Å². The second kappa shape index (κ2) is 8.01. The fraction of sp³-hybridized carbons (Fsp3) is 0.182. The molecule has 6 nitrogen and oxygen atoms in total. The molecular weight excluding hydrogens is 422 g/mol. The summed E-state index contributed by atoms with van der Waals surface area (Å²) in [5.74, 6) is -0.865. The molecule has 0 N–H and O–H groups in total. The summed E-state index contributed by atoms with van der Waals surface area (Å²) in [5, 5.41) is 0.651. The first-order chi connectivity index (χ1) is 14.4. The number of aromatic nitrogens is 1. The minimum Gasteiger partial charge on any atom is -0.312 e. The smallest absolute Gasteiger partial charge is 0.279 e. The second-order valence-corrected chi connectivity index (χ2v) is 8.31. The SMILES string of the molecule is C=CCn1c(=NC(=O)c2ccc(N3C(=O)CCC3=O)cc2)sc2ccc(Cl)c(C)c21. The molecule has 1 fully saturated rings. The average Bonchev–Trinajstić information content (AvgIpc) is 3.25. The Kier molecular flexibility index (Phi) is 5.40. The predicted octanol–water partition coefficient (Wildman–Crippen LogP) is 4.25. The van der Waals surface area contributed by atoms with Crippen molar-refractivity contribution in [1.82, 2.24) is 4.57 Å². The van der Waals surface area contributed by atoms with Gasteiger partial charge in [-0.1, -0.05) is 29.0 Å². The van der Waals surface area contributed by atoms with Crippen LogP contribution in [0.4, 0.5) is 5.69 Å². The number of fused-ring (bicyclic) bond motifs is 1. The van der Waals surface area contributed by atoms with Gasteiger partial charge in [0.05, 0.1) is 15.9 Å². The first-order valence-electron chi connectivity index (χ1n) is 9.35. The van der Waals surface area contributed by atoms with Crippen molar-refractivity contribution < 1.29 is 14.4 Å². The maximum atomic E-state index is 12.8. The molecule has 0 radical (unpaired) electrons. The van der Waals surface area contributed by atoms with Gasteiger partial charge < -0.3 is 4.57 Å². The molecule has 0 unspecified atom stereocenters. The first-order valence-corrected chi connectivity index (χ1v) is 10.5. The summed E-state index contributed by atoms with van der Waals surface area (Å²) in [4.78, 5) is 42.6. The van der Waals surface area contributed by atoms with Gasteiger partial charge in [-0.15, -0.1) is 6.58 Å². The predicted molar refractivity (Wildman–Crippen MR) is 118 cm³/mol. The number of benzene rings is 2. The number of halogens is 1. The van der Waals surface area contributed by atoms with Crippen LogP contribution in [-0.4, -0.2) is 22.3 Å². The number of hydrogen-bond acceptors (Lipinski definition) is 4. The van der Waals surface area contributed by atoms with Crippen LogP contribution in [0.15, 0.2) is 54.0 Å². The van der Waals surface area contributed by atoms with Crippen LogP contribution in [0.3, 0.4) is 0 Å². The number of allylic oxidation sites excluding steroid dienone is 1. The molecule has 30 heavy (non-hydrogen) atoms. The van der Waals surface area contributed by atoms with Crippen LogP contribution in [0, 0.1) is 6.92 Å². The van der Waals surface area contributed by atoms with Crippen molar-refractivity contribution in [2.24, 2.45) is 4.99 Å². The highest BCUT2D eigenvalue weighted by atomic mass is 35.5. The Morgan fingerprint density at radius 1 is 1.17 bits per heavy atom. The van der Waals surface area contributed by atoms with E-state index in [-0.39, 0.29) is 24.7 Å². The van der Waals surface area contributed by atoms with Crippen LogP contribution >= 0.6 is 22.9 Å². The zero-order chi connectivity index (χ0) is 21.4. The quantitative estimate of drug-likeness (QED) is 0.450. The van der Waals surface area contributed by atoms with E-state index in [0.717, 1.165) is 20.7 Å². The Morgan fingerprint density at radius 3 is 2.47 bits per heavy atom. The topological polar surface area (TPSA) is 71.7 Å². The molecule has 8 heteroatoms. The number of imide groups is 1. The third-order valence-corrected chi connectivity index (χ3v) is 6.42. The fourth-order valence-electron chi connectivity index (χ4n) is 3.47. The first kappa shape index (κ1) is 20.3. The third kappa shape index (κ3) is 3.51. The number of hydrogen-bond donors (Lipinski definition) is 0. The van der Waals surface area contributed by atoms with Crippen LogP contribution in [0.25, 0.3) is 10.2 Å². The average molecular weight is 440 g/mol. The number of rotatable bonds is 4. The lowest BCUT2D eigenvalue weighted by Gasteiger charge is -2.13. The Balaban J connectivity index is 1.72. The van der Waals surface area contributed by atoms with Gasteiger partial charge in [-0.05, 0) is 48.9 Å². The molecule has 3 amide bonds. The van der Waals surface area contributed by atoms with E-state index in [1.54, 1.807) is 30.3 Å². The molecule has 2 heterocycles. The maximum absolute atomic E-state index is 12.8. The summed E-state index contributed by atoms with van der Waals surface area (Å²) < 4.78 is 2.90. The van der Waals surface area contributed by atoms with Crippen molar-refractivity contribution >= 4 is 56.6 Å². The van der Waals surface area contributed by atoms with Crippen LogP contribution in [0.5, 0.6) is 0 Å². The number of amides is 3. The molecule has 0 saturated carbocycles. The van der Waals surface area contributed by atoms with Crippen molar-refractivity contribution in [3.63, 3.8) is 0 Å². The number of anilines is 1. The summed E-state index contributed by atoms with van der Waals surface area (Å²) >= 11 is 7.68. The van der Waals surface area contributed by atoms with Crippen LogP contribution in [0.1, 0.15) is 28.8 Å². The lowest BCUT2D eigenvalue weighted by atomic mass is 10.2. The van der Waals surface area contributed by atoms with Crippen molar-refractivity contribution in [2.45, 2.75) is 26.3 Å². The molecule has 0 aliphatic carbocycles. The highest BCUT2D eigenvalue weighted by molar-refractivity contribution is 7.16. The van der Waals surface area contributed by atoms with E-state index in [1.807, 2.05) is 23.6 Å². The minimum atomic E-state index is -0.409. The lowest BCUT2D eigenvalue weighted by Crippen LogP contribution is -2.28. The molecule has 3 aromatic rings. The van der Waals surface area contributed by atoms with E-state index in [2.05, 4.69) is 11.6 Å². The zero-order valence-electron chi connectivity index (χ0n) is 16.2. The molecule has 1 saturated heterocycles. The van der Waals surface area contributed by atoms with Gasteiger partial charge >= 0.3 is 0 Å². The van der Waals surface area contributed by atoms with Gasteiger partial charge in [0, 0.05) is 30.0 Å². The highest BCUT2D eigenvalue weighted by Crippen LogP contribution is 2.27. The van der Waals surface area contributed by atoms with Gasteiger partial charge in [0.15, 0.2) is 4.80 Å². The van der Waals surface area contributed by atoms with E-state index >= 15 is 0 Å². The molecule has 4 rings (SSSR count). The largest absolute Gasteiger partial charge is 0.312 e. The van der Waals surface area contributed by atoms with Crippen molar-refractivity contribution in [3.05, 3.63) is 70.0 Å². The van der Waals surface area contributed by atoms with Gasteiger partial charge in [-0.3, -0.25) is 19.3 Å². The molecule has 2 aromatic carbocycles. The normalized spacial score (nSPS) is 14.7. The van der Waals surface area contributed by atoms with Crippen LogP contribution in [-0.2, 0) is 16.1 Å². The number of carbonyl (C=O) groups excluding carboxylic acids is 3.